The van der Waals surface area contributed by atoms with Gasteiger partial charge in [0.05, 0.1) is 5.69 Å². The molecular weight excluding hydrogens is 195 g/mol. The summed E-state index contributed by atoms with van der Waals surface area (Å²) in [5.41, 5.74) is 0.726. The number of rotatable bonds is 2. The number of carbonyl (C=O) groups excluding carboxylic acids is 1. The summed E-state index contributed by atoms with van der Waals surface area (Å²) in [6, 6.07) is 4.35. The van der Waals surface area contributed by atoms with Crippen molar-refractivity contribution in [1.82, 2.24) is 9.55 Å². The molecule has 1 aromatic heterocycles. The monoisotopic (exact) mass is 204 g/mol. The van der Waals surface area contributed by atoms with Gasteiger partial charge in [0.25, 0.3) is 0 Å². The number of imidazole rings is 1. The standard InChI is InChI=1S/C11H9FN2O/c1-8-13-4-5-14(8)11-3-2-9(7-15)6-10(11)12/h2-7H,1H3. The molecule has 0 unspecified atom stereocenters. The Morgan fingerprint density at radius 3 is 2.80 bits per heavy atom. The van der Waals surface area contributed by atoms with Gasteiger partial charge in [-0.15, -0.1) is 0 Å². The van der Waals surface area contributed by atoms with E-state index in [4.69, 9.17) is 0 Å². The van der Waals surface area contributed by atoms with E-state index in [0.29, 0.717) is 23.4 Å². The lowest BCUT2D eigenvalue weighted by molar-refractivity contribution is 0.112. The Morgan fingerprint density at radius 1 is 1.47 bits per heavy atom. The Balaban J connectivity index is 2.55. The van der Waals surface area contributed by atoms with Crippen LogP contribution in [0.3, 0.4) is 0 Å². The number of aromatic nitrogens is 2. The van der Waals surface area contributed by atoms with Gasteiger partial charge >= 0.3 is 0 Å². The predicted octanol–water partition coefficient (Wildman–Crippen LogP) is 2.13. The zero-order valence-corrected chi connectivity index (χ0v) is 8.14. The zero-order valence-electron chi connectivity index (χ0n) is 8.14. The van der Waals surface area contributed by atoms with Crippen LogP contribution in [-0.2, 0) is 0 Å². The van der Waals surface area contributed by atoms with Crippen LogP contribution in [0.25, 0.3) is 5.69 Å². The summed E-state index contributed by atoms with van der Waals surface area (Å²) in [5.74, 6) is 0.272. The van der Waals surface area contributed by atoms with Crippen molar-refractivity contribution in [3.63, 3.8) is 0 Å². The molecule has 1 aromatic carbocycles. The second-order valence-electron chi connectivity index (χ2n) is 3.17. The summed E-state index contributed by atoms with van der Waals surface area (Å²) >= 11 is 0. The highest BCUT2D eigenvalue weighted by Crippen LogP contribution is 2.15. The molecule has 3 nitrogen and oxygen atoms in total. The van der Waals surface area contributed by atoms with Crippen molar-refractivity contribution < 1.29 is 9.18 Å². The van der Waals surface area contributed by atoms with E-state index in [2.05, 4.69) is 4.98 Å². The molecular formula is C11H9FN2O. The van der Waals surface area contributed by atoms with E-state index in [9.17, 15) is 9.18 Å². The third-order valence-electron chi connectivity index (χ3n) is 2.19. The van der Waals surface area contributed by atoms with E-state index >= 15 is 0 Å². The number of carbonyl (C=O) groups is 1. The molecule has 4 heteroatoms. The summed E-state index contributed by atoms with van der Waals surface area (Å²) in [7, 11) is 0. The number of halogens is 1. The number of nitrogens with zero attached hydrogens (tertiary/aromatic N) is 2. The maximum atomic E-state index is 13.6. The normalized spacial score (nSPS) is 10.3. The van der Waals surface area contributed by atoms with Crippen molar-refractivity contribution in [3.8, 4) is 5.69 Å². The Hall–Kier alpha value is -1.97. The molecule has 0 fully saturated rings. The van der Waals surface area contributed by atoms with Crippen molar-refractivity contribution in [2.45, 2.75) is 6.92 Å². The molecule has 2 rings (SSSR count). The summed E-state index contributed by atoms with van der Waals surface area (Å²) in [6.07, 6.45) is 3.89. The third-order valence-corrected chi connectivity index (χ3v) is 2.19. The molecule has 0 saturated heterocycles. The maximum Gasteiger partial charge on any atom is 0.150 e. The maximum absolute atomic E-state index is 13.6. The molecule has 0 radical (unpaired) electrons. The summed E-state index contributed by atoms with van der Waals surface area (Å²) in [6.45, 7) is 1.78. The summed E-state index contributed by atoms with van der Waals surface area (Å²) in [4.78, 5) is 14.4. The van der Waals surface area contributed by atoms with Crippen LogP contribution in [0.1, 0.15) is 16.2 Å². The second-order valence-corrected chi connectivity index (χ2v) is 3.17. The van der Waals surface area contributed by atoms with Gasteiger partial charge in [-0.05, 0) is 25.1 Å². The third kappa shape index (κ3) is 1.66. The van der Waals surface area contributed by atoms with Gasteiger partial charge in [0.15, 0.2) is 0 Å². The van der Waals surface area contributed by atoms with Crippen LogP contribution in [0, 0.1) is 12.7 Å². The molecule has 0 atom stereocenters. The first-order chi connectivity index (χ1) is 7.22. The predicted molar refractivity (Wildman–Crippen MR) is 53.6 cm³/mol. The van der Waals surface area contributed by atoms with Crippen molar-refractivity contribution in [2.24, 2.45) is 0 Å². The molecule has 0 spiro atoms. The van der Waals surface area contributed by atoms with E-state index in [1.165, 1.54) is 6.07 Å². The van der Waals surface area contributed by atoms with Gasteiger partial charge in [-0.1, -0.05) is 0 Å². The molecule has 0 aliphatic carbocycles. The van der Waals surface area contributed by atoms with E-state index < -0.39 is 5.82 Å². The fourth-order valence-electron chi connectivity index (χ4n) is 1.42. The molecule has 15 heavy (non-hydrogen) atoms. The number of hydrogen-bond acceptors (Lipinski definition) is 2. The summed E-state index contributed by atoms with van der Waals surface area (Å²) < 4.78 is 15.2. The first-order valence-corrected chi connectivity index (χ1v) is 4.47. The minimum Gasteiger partial charge on any atom is -0.301 e. The highest BCUT2D eigenvalue weighted by molar-refractivity contribution is 5.75. The minimum absolute atomic E-state index is 0.328. The quantitative estimate of drug-likeness (QED) is 0.702. The molecule has 76 valence electrons. The highest BCUT2D eigenvalue weighted by Gasteiger charge is 2.07. The van der Waals surface area contributed by atoms with Crippen LogP contribution in [0.2, 0.25) is 0 Å². The minimum atomic E-state index is -0.430. The molecule has 0 saturated carbocycles. The molecule has 0 N–H and O–H groups in total. The highest BCUT2D eigenvalue weighted by atomic mass is 19.1. The SMILES string of the molecule is Cc1nccn1-c1ccc(C=O)cc1F. The fourth-order valence-corrected chi connectivity index (χ4v) is 1.42. The molecule has 2 aromatic rings. The van der Waals surface area contributed by atoms with Crippen LogP contribution in [0.4, 0.5) is 4.39 Å². The molecule has 0 bridgehead atoms. The number of benzene rings is 1. The van der Waals surface area contributed by atoms with Gasteiger partial charge in [-0.25, -0.2) is 9.37 Å². The van der Waals surface area contributed by atoms with Crippen molar-refractivity contribution in [2.75, 3.05) is 0 Å². The van der Waals surface area contributed by atoms with Crippen LogP contribution in [0.15, 0.2) is 30.6 Å². The molecule has 0 amide bonds. The lowest BCUT2D eigenvalue weighted by Gasteiger charge is -2.06. The Morgan fingerprint density at radius 2 is 2.27 bits per heavy atom. The van der Waals surface area contributed by atoms with Gasteiger partial charge < -0.3 is 4.57 Å². The van der Waals surface area contributed by atoms with E-state index in [1.807, 2.05) is 0 Å². The van der Waals surface area contributed by atoms with Crippen molar-refractivity contribution in [3.05, 3.63) is 47.8 Å². The van der Waals surface area contributed by atoms with E-state index in [1.54, 1.807) is 36.0 Å². The average Bonchev–Trinajstić information content (AvgIpc) is 2.64. The van der Waals surface area contributed by atoms with Crippen molar-refractivity contribution in [1.29, 1.82) is 0 Å². The van der Waals surface area contributed by atoms with E-state index in [-0.39, 0.29) is 0 Å². The Kier molecular flexibility index (Phi) is 2.33. The molecule has 0 aliphatic rings. The van der Waals surface area contributed by atoms with Crippen LogP contribution in [-0.4, -0.2) is 15.8 Å². The van der Waals surface area contributed by atoms with Crippen LogP contribution in [0.5, 0.6) is 0 Å². The number of aldehydes is 1. The van der Waals surface area contributed by atoms with Gasteiger partial charge in [-0.3, -0.25) is 4.79 Å². The average molecular weight is 204 g/mol. The van der Waals surface area contributed by atoms with Crippen LogP contribution < -0.4 is 0 Å². The van der Waals surface area contributed by atoms with Crippen LogP contribution >= 0.6 is 0 Å². The van der Waals surface area contributed by atoms with Gasteiger partial charge in [0.1, 0.15) is 17.9 Å². The largest absolute Gasteiger partial charge is 0.301 e. The fraction of sp³-hybridized carbons (Fsp3) is 0.0909. The summed E-state index contributed by atoms with van der Waals surface area (Å²) in [5, 5.41) is 0. The second kappa shape index (κ2) is 3.65. The Labute approximate surface area is 86.2 Å². The van der Waals surface area contributed by atoms with Gasteiger partial charge in [0.2, 0.25) is 0 Å². The Bertz CT molecular complexity index is 505. The van der Waals surface area contributed by atoms with E-state index in [0.717, 1.165) is 0 Å². The topological polar surface area (TPSA) is 34.9 Å². The van der Waals surface area contributed by atoms with Gasteiger partial charge in [0, 0.05) is 18.0 Å². The first kappa shape index (κ1) is 9.58. The first-order valence-electron chi connectivity index (χ1n) is 4.47. The number of aryl methyl sites for hydroxylation is 1. The smallest absolute Gasteiger partial charge is 0.150 e. The molecule has 0 aliphatic heterocycles. The number of hydrogen-bond donors (Lipinski definition) is 0. The van der Waals surface area contributed by atoms with Crippen molar-refractivity contribution >= 4 is 6.29 Å². The zero-order chi connectivity index (χ0) is 10.8. The lowest BCUT2D eigenvalue weighted by atomic mass is 10.2. The molecule has 1 heterocycles. The lowest BCUT2D eigenvalue weighted by Crippen LogP contribution is -1.99. The van der Waals surface area contributed by atoms with Gasteiger partial charge in [-0.2, -0.15) is 0 Å².